The zero-order valence-electron chi connectivity index (χ0n) is 26.4. The number of carbonyl (C=O) groups is 4. The van der Waals surface area contributed by atoms with E-state index in [1.807, 2.05) is 84.9 Å². The van der Waals surface area contributed by atoms with Gasteiger partial charge < -0.3 is 40.8 Å². The van der Waals surface area contributed by atoms with Crippen molar-refractivity contribution in [2.45, 2.75) is 50.6 Å². The molecule has 0 radical (unpaired) electrons. The Balaban J connectivity index is 1.50. The van der Waals surface area contributed by atoms with E-state index < -0.39 is 48.0 Å². The molecule has 4 atom stereocenters. The van der Waals surface area contributed by atoms with Gasteiger partial charge in [0.25, 0.3) is 5.91 Å². The van der Waals surface area contributed by atoms with Crippen LogP contribution in [0.25, 0.3) is 10.9 Å². The zero-order chi connectivity index (χ0) is 33.6. The maximum Gasteiger partial charge on any atom is 0.408 e. The summed E-state index contributed by atoms with van der Waals surface area (Å²) >= 11 is 0. The van der Waals surface area contributed by atoms with E-state index in [1.165, 1.54) is 14.0 Å². The standard InChI is InChI=1S/C35H41N5O7/c1-23(38-35(45)47-22-25-13-7-4-8-14-25)32(42)40-30(20-26-21-37-28-16-10-9-15-27(26)28)33(43)39-29(19-24-11-5-3-6-12-24)31(41)34(44)36-17-18-46-2/h3-16,21,23,29-31,37,41H,17-20,22H2,1-2H3,(H,36,44)(H,38,45)(H,39,43)(H,40,42)/t23-,29?,30-,31-/m0/s1. The Hall–Kier alpha value is -5.20. The third kappa shape index (κ3) is 10.4. The van der Waals surface area contributed by atoms with Gasteiger partial charge in [0.1, 0.15) is 18.7 Å². The first-order valence-corrected chi connectivity index (χ1v) is 15.4. The van der Waals surface area contributed by atoms with Crippen molar-refractivity contribution < 1.29 is 33.8 Å². The highest BCUT2D eigenvalue weighted by Crippen LogP contribution is 2.19. The Bertz CT molecular complexity index is 1610. The molecule has 0 saturated heterocycles. The summed E-state index contributed by atoms with van der Waals surface area (Å²) in [7, 11) is 1.49. The molecule has 0 bridgehead atoms. The number of nitrogens with one attached hydrogen (secondary N) is 5. The van der Waals surface area contributed by atoms with Crippen LogP contribution in [-0.2, 0) is 43.3 Å². The number of H-pyrrole nitrogens is 1. The summed E-state index contributed by atoms with van der Waals surface area (Å²) < 4.78 is 10.2. The largest absolute Gasteiger partial charge is 0.445 e. The number of hydrogen-bond donors (Lipinski definition) is 6. The molecule has 4 amide bonds. The fraction of sp³-hybridized carbons (Fsp3) is 0.314. The molecule has 0 aliphatic carbocycles. The minimum absolute atomic E-state index is 0.0246. The SMILES string of the molecule is COCCNC(=O)[C@@H](O)C(Cc1ccccc1)NC(=O)[C@H](Cc1c[nH]c2ccccc12)NC(=O)[C@H](C)NC(=O)OCc1ccccc1. The van der Waals surface area contributed by atoms with Crippen molar-refractivity contribution in [3.05, 3.63) is 108 Å². The molecule has 0 saturated carbocycles. The Morgan fingerprint density at radius 1 is 0.787 bits per heavy atom. The van der Waals surface area contributed by atoms with Gasteiger partial charge in [0.2, 0.25) is 11.8 Å². The monoisotopic (exact) mass is 643 g/mol. The third-order valence-electron chi connectivity index (χ3n) is 7.55. The number of benzene rings is 3. The second-order valence-electron chi connectivity index (χ2n) is 11.1. The molecule has 4 rings (SSSR count). The van der Waals surface area contributed by atoms with Crippen LogP contribution >= 0.6 is 0 Å². The Labute approximate surface area is 273 Å². The summed E-state index contributed by atoms with van der Waals surface area (Å²) in [5.74, 6) is -1.92. The lowest BCUT2D eigenvalue weighted by molar-refractivity contribution is -0.134. The van der Waals surface area contributed by atoms with Gasteiger partial charge in [-0.3, -0.25) is 14.4 Å². The molecule has 3 aromatic carbocycles. The fourth-order valence-electron chi connectivity index (χ4n) is 4.99. The summed E-state index contributed by atoms with van der Waals surface area (Å²) in [5.41, 5.74) is 3.19. The highest BCUT2D eigenvalue weighted by molar-refractivity contribution is 5.93. The summed E-state index contributed by atoms with van der Waals surface area (Å²) in [5, 5.41) is 22.6. The van der Waals surface area contributed by atoms with Gasteiger partial charge in [0, 0.05) is 37.2 Å². The number of carbonyl (C=O) groups excluding carboxylic acids is 4. The van der Waals surface area contributed by atoms with Crippen LogP contribution in [0.2, 0.25) is 0 Å². The number of hydrogen-bond acceptors (Lipinski definition) is 7. The lowest BCUT2D eigenvalue weighted by atomic mass is 9.98. The van der Waals surface area contributed by atoms with E-state index in [0.29, 0.717) is 0 Å². The predicted octanol–water partition coefficient (Wildman–Crippen LogP) is 2.36. The van der Waals surface area contributed by atoms with Gasteiger partial charge in [0.15, 0.2) is 6.10 Å². The second-order valence-corrected chi connectivity index (χ2v) is 11.1. The minimum atomic E-state index is -1.60. The first-order valence-electron chi connectivity index (χ1n) is 15.4. The number of aliphatic hydroxyl groups is 1. The first kappa shape index (κ1) is 34.7. The number of ether oxygens (including phenoxy) is 2. The number of alkyl carbamates (subject to hydrolysis) is 1. The molecule has 4 aromatic rings. The Morgan fingerprint density at radius 2 is 1.45 bits per heavy atom. The molecular weight excluding hydrogens is 602 g/mol. The number of para-hydroxylation sites is 1. The van der Waals surface area contributed by atoms with Gasteiger partial charge in [-0.25, -0.2) is 4.79 Å². The molecule has 0 spiro atoms. The first-order chi connectivity index (χ1) is 22.7. The maximum absolute atomic E-state index is 13.9. The molecule has 0 fully saturated rings. The molecule has 12 heteroatoms. The molecule has 47 heavy (non-hydrogen) atoms. The van der Waals surface area contributed by atoms with Crippen LogP contribution in [0.3, 0.4) is 0 Å². The maximum atomic E-state index is 13.9. The molecule has 1 heterocycles. The molecule has 0 aliphatic heterocycles. The summed E-state index contributed by atoms with van der Waals surface area (Å²) in [4.78, 5) is 55.7. The van der Waals surface area contributed by atoms with Crippen LogP contribution in [-0.4, -0.2) is 78.4 Å². The van der Waals surface area contributed by atoms with Crippen molar-refractivity contribution in [2.75, 3.05) is 20.3 Å². The van der Waals surface area contributed by atoms with Crippen LogP contribution in [0.15, 0.2) is 91.1 Å². The van der Waals surface area contributed by atoms with Crippen molar-refractivity contribution in [2.24, 2.45) is 0 Å². The van der Waals surface area contributed by atoms with E-state index in [0.717, 1.165) is 27.6 Å². The highest BCUT2D eigenvalue weighted by Gasteiger charge is 2.32. The van der Waals surface area contributed by atoms with Crippen molar-refractivity contribution in [1.29, 1.82) is 0 Å². The van der Waals surface area contributed by atoms with Gasteiger partial charge in [-0.05, 0) is 36.1 Å². The number of methoxy groups -OCH3 is 1. The summed E-state index contributed by atoms with van der Waals surface area (Å²) in [6.45, 7) is 1.93. The third-order valence-corrected chi connectivity index (χ3v) is 7.55. The lowest BCUT2D eigenvalue weighted by Gasteiger charge is -2.27. The minimum Gasteiger partial charge on any atom is -0.445 e. The van der Waals surface area contributed by atoms with Crippen LogP contribution in [0, 0.1) is 0 Å². The smallest absolute Gasteiger partial charge is 0.408 e. The summed E-state index contributed by atoms with van der Waals surface area (Å²) in [6.07, 6.45) is -0.398. The predicted molar refractivity (Wildman–Crippen MR) is 176 cm³/mol. The molecule has 0 aliphatic rings. The van der Waals surface area contributed by atoms with Crippen LogP contribution < -0.4 is 21.3 Å². The van der Waals surface area contributed by atoms with E-state index in [9.17, 15) is 24.3 Å². The summed E-state index contributed by atoms with van der Waals surface area (Å²) in [6, 6.07) is 22.6. The number of rotatable bonds is 16. The Morgan fingerprint density at radius 3 is 2.15 bits per heavy atom. The van der Waals surface area contributed by atoms with Gasteiger partial charge in [0.05, 0.1) is 12.6 Å². The Kier molecular flexibility index (Phi) is 12.9. The topological polar surface area (TPSA) is 171 Å². The quantitative estimate of drug-likeness (QED) is 0.102. The highest BCUT2D eigenvalue weighted by atomic mass is 16.5. The van der Waals surface area contributed by atoms with Gasteiger partial charge in [-0.2, -0.15) is 0 Å². The number of aliphatic hydroxyl groups excluding tert-OH is 1. The number of fused-ring (bicyclic) bond motifs is 1. The van der Waals surface area contributed by atoms with Crippen LogP contribution in [0.1, 0.15) is 23.6 Å². The number of aromatic nitrogens is 1. The zero-order valence-corrected chi connectivity index (χ0v) is 26.4. The fourth-order valence-corrected chi connectivity index (χ4v) is 4.99. The second kappa shape index (κ2) is 17.5. The van der Waals surface area contributed by atoms with Crippen molar-refractivity contribution >= 4 is 34.7 Å². The molecular formula is C35H41N5O7. The molecule has 12 nitrogen and oxygen atoms in total. The molecule has 1 unspecified atom stereocenters. The van der Waals surface area contributed by atoms with E-state index in [4.69, 9.17) is 9.47 Å². The van der Waals surface area contributed by atoms with Gasteiger partial charge in [-0.15, -0.1) is 0 Å². The normalized spacial score (nSPS) is 13.5. The van der Waals surface area contributed by atoms with Crippen molar-refractivity contribution in [1.82, 2.24) is 26.3 Å². The van der Waals surface area contributed by atoms with E-state index >= 15 is 0 Å². The van der Waals surface area contributed by atoms with Gasteiger partial charge >= 0.3 is 6.09 Å². The average molecular weight is 644 g/mol. The molecule has 6 N–H and O–H groups in total. The van der Waals surface area contributed by atoms with Crippen molar-refractivity contribution in [3.63, 3.8) is 0 Å². The lowest BCUT2D eigenvalue weighted by Crippen LogP contribution is -2.58. The van der Waals surface area contributed by atoms with Crippen molar-refractivity contribution in [3.8, 4) is 0 Å². The van der Waals surface area contributed by atoms with Crippen LogP contribution in [0.4, 0.5) is 4.79 Å². The molecule has 248 valence electrons. The van der Waals surface area contributed by atoms with Gasteiger partial charge in [-0.1, -0.05) is 78.9 Å². The number of amides is 4. The van der Waals surface area contributed by atoms with Crippen LogP contribution in [0.5, 0.6) is 0 Å². The molecule has 1 aromatic heterocycles. The van der Waals surface area contributed by atoms with E-state index in [2.05, 4.69) is 26.3 Å². The van der Waals surface area contributed by atoms with E-state index in [1.54, 1.807) is 6.20 Å². The van der Waals surface area contributed by atoms with E-state index in [-0.39, 0.29) is 32.6 Å². The average Bonchev–Trinajstić information content (AvgIpc) is 3.49. The number of aromatic amines is 1.